The Morgan fingerprint density at radius 3 is 2.30 bits per heavy atom. The Morgan fingerprint density at radius 1 is 1.03 bits per heavy atom. The minimum atomic E-state index is -5.13. The maximum atomic E-state index is 13.7. The molecule has 0 fully saturated rings. The lowest BCUT2D eigenvalue weighted by atomic mass is 10.2. The first kappa shape index (κ1) is 22.3. The first-order valence-corrected chi connectivity index (χ1v) is 10.3. The van der Waals surface area contributed by atoms with E-state index in [-0.39, 0.29) is 25.4 Å². The largest absolute Gasteiger partial charge is 0.435 e. The van der Waals surface area contributed by atoms with Crippen molar-refractivity contribution in [2.45, 2.75) is 11.1 Å². The molecule has 7 nitrogen and oxygen atoms in total. The molecule has 1 aromatic heterocycles. The molecule has 0 radical (unpaired) electrons. The minimum Gasteiger partial charge on any atom is -0.266 e. The number of nitrogens with zero attached hydrogens (tertiary/aromatic N) is 3. The van der Waals surface area contributed by atoms with Crippen LogP contribution >= 0.6 is 34.8 Å². The van der Waals surface area contributed by atoms with E-state index in [1.807, 2.05) is 0 Å². The third kappa shape index (κ3) is 4.38. The van der Waals surface area contributed by atoms with Crippen molar-refractivity contribution in [3.05, 3.63) is 68.9 Å². The summed E-state index contributed by atoms with van der Waals surface area (Å²) >= 11 is 17.5. The number of benzene rings is 2. The highest BCUT2D eigenvalue weighted by atomic mass is 35.5. The van der Waals surface area contributed by atoms with Gasteiger partial charge in [-0.15, -0.1) is 5.10 Å². The fourth-order valence-corrected chi connectivity index (χ4v) is 4.36. The van der Waals surface area contributed by atoms with Gasteiger partial charge in [-0.25, -0.2) is 17.8 Å². The summed E-state index contributed by atoms with van der Waals surface area (Å²) in [6, 6.07) is 8.63. The van der Waals surface area contributed by atoms with Crippen LogP contribution in [0.2, 0.25) is 15.1 Å². The number of alkyl halides is 3. The van der Waals surface area contributed by atoms with Crippen LogP contribution in [0.3, 0.4) is 0 Å². The third-order valence-electron chi connectivity index (χ3n) is 3.65. The summed E-state index contributed by atoms with van der Waals surface area (Å²) in [5.74, 6) is -1.65. The van der Waals surface area contributed by atoms with Crippen LogP contribution in [-0.2, 0) is 16.2 Å². The van der Waals surface area contributed by atoms with Gasteiger partial charge in [0.05, 0.1) is 15.7 Å². The van der Waals surface area contributed by atoms with Crippen molar-refractivity contribution < 1.29 is 26.4 Å². The van der Waals surface area contributed by atoms with Crippen molar-refractivity contribution in [2.24, 2.45) is 0 Å². The summed E-state index contributed by atoms with van der Waals surface area (Å²) in [6.07, 6.45) is -5.13. The molecule has 0 bridgehead atoms. The monoisotopic (exact) mass is 498 g/mol. The standard InChI is InChI=1S/C16H8Cl3F3N4O3S/c17-8-5-6-11(10(19)7-8)26-14(16(20,21)22)13(23-25-26)15(27)24-30(28,29)12-4-2-1-3-9(12)18/h1-7H,(H,24,27). The first-order chi connectivity index (χ1) is 13.9. The Balaban J connectivity index is 2.07. The number of hydrogen-bond acceptors (Lipinski definition) is 5. The molecule has 0 saturated heterocycles. The fourth-order valence-electron chi connectivity index (χ4n) is 2.40. The van der Waals surface area contributed by atoms with Gasteiger partial charge in [-0.2, -0.15) is 13.2 Å². The van der Waals surface area contributed by atoms with E-state index in [4.69, 9.17) is 34.8 Å². The molecule has 0 atom stereocenters. The van der Waals surface area contributed by atoms with Gasteiger partial charge >= 0.3 is 6.18 Å². The summed E-state index contributed by atoms with van der Waals surface area (Å²) < 4.78 is 67.6. The molecular weight excluding hydrogens is 492 g/mol. The van der Waals surface area contributed by atoms with Gasteiger partial charge in [-0.05, 0) is 30.3 Å². The number of rotatable bonds is 4. The van der Waals surface area contributed by atoms with E-state index < -0.39 is 38.4 Å². The van der Waals surface area contributed by atoms with Gasteiger partial charge < -0.3 is 0 Å². The SMILES string of the molecule is O=C(NS(=O)(=O)c1ccccc1Cl)c1nnn(-c2ccc(Cl)cc2Cl)c1C(F)(F)F. The molecule has 2 aromatic carbocycles. The number of hydrogen-bond donors (Lipinski definition) is 1. The summed E-state index contributed by atoms with van der Waals surface area (Å²) in [7, 11) is -4.59. The Hall–Kier alpha value is -2.34. The fraction of sp³-hybridized carbons (Fsp3) is 0.0625. The molecule has 3 rings (SSSR count). The molecule has 0 unspecified atom stereocenters. The maximum absolute atomic E-state index is 13.7. The number of amides is 1. The average molecular weight is 500 g/mol. The second-order valence-corrected chi connectivity index (χ2v) is 8.56. The average Bonchev–Trinajstić information content (AvgIpc) is 3.07. The van der Waals surface area contributed by atoms with Gasteiger partial charge in [0, 0.05) is 5.02 Å². The normalized spacial score (nSPS) is 12.1. The lowest BCUT2D eigenvalue weighted by molar-refractivity contribution is -0.143. The molecule has 0 spiro atoms. The molecule has 0 aliphatic carbocycles. The zero-order valence-electron chi connectivity index (χ0n) is 14.3. The predicted molar refractivity (Wildman–Crippen MR) is 102 cm³/mol. The van der Waals surface area contributed by atoms with Crippen molar-refractivity contribution in [3.63, 3.8) is 0 Å². The number of carbonyl (C=O) groups excluding carboxylic acids is 1. The second-order valence-electron chi connectivity index (χ2n) is 5.66. The van der Waals surface area contributed by atoms with E-state index in [1.165, 1.54) is 35.1 Å². The van der Waals surface area contributed by atoms with E-state index in [9.17, 15) is 26.4 Å². The van der Waals surface area contributed by atoms with Crippen LogP contribution in [0.5, 0.6) is 0 Å². The lowest BCUT2D eigenvalue weighted by Gasteiger charge is -2.12. The smallest absolute Gasteiger partial charge is 0.266 e. The second kappa shape index (κ2) is 8.06. The Labute approximate surface area is 182 Å². The Morgan fingerprint density at radius 2 is 1.70 bits per heavy atom. The first-order valence-electron chi connectivity index (χ1n) is 7.72. The van der Waals surface area contributed by atoms with Crippen molar-refractivity contribution >= 4 is 50.7 Å². The van der Waals surface area contributed by atoms with E-state index in [1.54, 1.807) is 0 Å². The topological polar surface area (TPSA) is 93.9 Å². The van der Waals surface area contributed by atoms with Gasteiger partial charge in [0.25, 0.3) is 15.9 Å². The van der Waals surface area contributed by atoms with Crippen molar-refractivity contribution in [3.8, 4) is 5.69 Å². The van der Waals surface area contributed by atoms with Gasteiger partial charge in [0.2, 0.25) is 0 Å². The summed E-state index contributed by atoms with van der Waals surface area (Å²) in [5, 5.41) is 6.26. The van der Waals surface area contributed by atoms with Crippen LogP contribution in [-0.4, -0.2) is 29.3 Å². The number of carbonyl (C=O) groups is 1. The zero-order valence-corrected chi connectivity index (χ0v) is 17.4. The summed E-state index contributed by atoms with van der Waals surface area (Å²) in [4.78, 5) is 11.9. The van der Waals surface area contributed by atoms with Crippen LogP contribution in [0.25, 0.3) is 5.69 Å². The molecule has 1 heterocycles. The van der Waals surface area contributed by atoms with Crippen LogP contribution < -0.4 is 4.72 Å². The molecule has 3 aromatic rings. The highest BCUT2D eigenvalue weighted by molar-refractivity contribution is 7.90. The van der Waals surface area contributed by atoms with Gasteiger partial charge in [-0.1, -0.05) is 52.1 Å². The highest BCUT2D eigenvalue weighted by Gasteiger charge is 2.43. The molecular formula is C16H8Cl3F3N4O3S. The van der Waals surface area contributed by atoms with Crippen LogP contribution in [0.15, 0.2) is 47.4 Å². The number of aromatic nitrogens is 3. The molecule has 158 valence electrons. The molecule has 1 N–H and O–H groups in total. The lowest BCUT2D eigenvalue weighted by Crippen LogP contribution is -2.33. The maximum Gasteiger partial charge on any atom is 0.435 e. The number of nitrogens with one attached hydrogen (secondary N) is 1. The highest BCUT2D eigenvalue weighted by Crippen LogP contribution is 2.35. The van der Waals surface area contributed by atoms with Gasteiger partial charge in [0.1, 0.15) is 4.90 Å². The van der Waals surface area contributed by atoms with Crippen LogP contribution in [0.1, 0.15) is 16.2 Å². The predicted octanol–water partition coefficient (Wildman–Crippen LogP) is 4.37. The van der Waals surface area contributed by atoms with E-state index >= 15 is 0 Å². The van der Waals surface area contributed by atoms with Crippen molar-refractivity contribution in [2.75, 3.05) is 0 Å². The van der Waals surface area contributed by atoms with Crippen LogP contribution in [0.4, 0.5) is 13.2 Å². The van der Waals surface area contributed by atoms with Crippen molar-refractivity contribution in [1.29, 1.82) is 0 Å². The van der Waals surface area contributed by atoms with E-state index in [2.05, 4.69) is 10.3 Å². The van der Waals surface area contributed by atoms with E-state index in [0.717, 1.165) is 12.1 Å². The molecule has 1 amide bonds. The van der Waals surface area contributed by atoms with Crippen LogP contribution in [0, 0.1) is 0 Å². The summed E-state index contributed by atoms with van der Waals surface area (Å²) in [6.45, 7) is 0. The van der Waals surface area contributed by atoms with Gasteiger partial charge in [-0.3, -0.25) is 4.79 Å². The minimum absolute atomic E-state index is 0.154. The zero-order chi connectivity index (χ0) is 22.3. The Kier molecular flexibility index (Phi) is 6.01. The molecule has 0 saturated carbocycles. The third-order valence-corrected chi connectivity index (χ3v) is 6.01. The molecule has 14 heteroatoms. The molecule has 0 aliphatic rings. The van der Waals surface area contributed by atoms with E-state index in [0.29, 0.717) is 0 Å². The quantitative estimate of drug-likeness (QED) is 0.575. The number of sulfonamides is 1. The summed E-state index contributed by atoms with van der Waals surface area (Å²) in [5.41, 5.74) is -3.17. The number of halogens is 6. The Bertz CT molecular complexity index is 1250. The molecule has 0 aliphatic heterocycles. The molecule has 30 heavy (non-hydrogen) atoms. The van der Waals surface area contributed by atoms with Crippen molar-refractivity contribution in [1.82, 2.24) is 19.7 Å². The van der Waals surface area contributed by atoms with Gasteiger partial charge in [0.15, 0.2) is 11.4 Å².